The molecule has 0 N–H and O–H groups in total. The Balaban J connectivity index is 4.76. The van der Waals surface area contributed by atoms with Crippen LogP contribution in [0.3, 0.4) is 0 Å². The summed E-state index contributed by atoms with van der Waals surface area (Å²) in [4.78, 5) is 12.0. The molecular weight excluding hydrogens is 391 g/mol. The highest BCUT2D eigenvalue weighted by Crippen LogP contribution is 2.50. The molecule has 0 amide bonds. The summed E-state index contributed by atoms with van der Waals surface area (Å²) in [5.41, 5.74) is 0. The van der Waals surface area contributed by atoms with Gasteiger partial charge in [0.1, 0.15) is 0 Å². The van der Waals surface area contributed by atoms with E-state index in [4.69, 9.17) is 9.26 Å². The molecule has 0 heterocycles. The summed E-state index contributed by atoms with van der Waals surface area (Å²) in [6.45, 7) is 25.0. The highest BCUT2D eigenvalue weighted by atomic mass is 32.2. The molecule has 0 saturated heterocycles. The van der Waals surface area contributed by atoms with E-state index in [0.29, 0.717) is 49.2 Å². The first-order valence-corrected chi connectivity index (χ1v) is 12.8. The molecule has 0 aromatic rings. The number of nitrogens with zero attached hydrogens (tertiary/aromatic N) is 2. The summed E-state index contributed by atoms with van der Waals surface area (Å²) in [7, 11) is -0.885. The quantitative estimate of drug-likeness (QED) is 0.189. The summed E-state index contributed by atoms with van der Waals surface area (Å²) in [6, 6.07) is 1.60. The molecule has 7 heteroatoms. The van der Waals surface area contributed by atoms with Crippen LogP contribution in [0.5, 0.6) is 0 Å². The van der Waals surface area contributed by atoms with Crippen molar-refractivity contribution >= 4 is 25.3 Å². The third-order valence-electron chi connectivity index (χ3n) is 4.60. The molecule has 0 aromatic heterocycles. The minimum Gasteiger partial charge on any atom is -0.368 e. The van der Waals surface area contributed by atoms with Gasteiger partial charge in [0.25, 0.3) is 0 Å². The van der Waals surface area contributed by atoms with Gasteiger partial charge in [-0.25, -0.2) is 9.34 Å². The average molecular weight is 437 g/mol. The van der Waals surface area contributed by atoms with Gasteiger partial charge in [0, 0.05) is 30.1 Å². The molecule has 0 saturated carbocycles. The van der Waals surface area contributed by atoms with Gasteiger partial charge in [-0.2, -0.15) is 0 Å². The topological polar surface area (TPSA) is 42.0 Å². The molecule has 0 radical (unpaired) electrons. The summed E-state index contributed by atoms with van der Waals surface area (Å²) in [6.07, 6.45) is 0. The molecule has 0 spiro atoms. The number of rotatable bonds is 14. The lowest BCUT2D eigenvalue weighted by Gasteiger charge is -2.45. The molecule has 0 aromatic carbocycles. The summed E-state index contributed by atoms with van der Waals surface area (Å²) in [5, 5.41) is 0.203. The summed E-state index contributed by atoms with van der Waals surface area (Å²) >= 11 is 1.27. The van der Waals surface area contributed by atoms with Crippen molar-refractivity contribution in [3.63, 3.8) is 0 Å². The summed E-state index contributed by atoms with van der Waals surface area (Å²) < 4.78 is 17.0. The second-order valence-corrected chi connectivity index (χ2v) is 11.4. The van der Waals surface area contributed by atoms with Crippen LogP contribution in [-0.4, -0.2) is 57.8 Å². The van der Waals surface area contributed by atoms with Gasteiger partial charge in [0.05, 0.1) is 19.2 Å². The van der Waals surface area contributed by atoms with Crippen LogP contribution < -0.4 is 0 Å². The predicted molar refractivity (Wildman–Crippen MR) is 125 cm³/mol. The molecule has 5 nitrogen and oxygen atoms in total. The van der Waals surface area contributed by atoms with Crippen LogP contribution in [0.1, 0.15) is 76.2 Å². The zero-order valence-electron chi connectivity index (χ0n) is 20.1. The molecule has 0 fully saturated rings. The lowest BCUT2D eigenvalue weighted by atomic mass is 10.0. The zero-order valence-corrected chi connectivity index (χ0v) is 21.8. The fourth-order valence-corrected chi connectivity index (χ4v) is 6.15. The van der Waals surface area contributed by atoms with Crippen molar-refractivity contribution in [3.8, 4) is 0 Å². The number of thioether (sulfide) groups is 1. The van der Waals surface area contributed by atoms with Crippen molar-refractivity contribution < 1.29 is 14.1 Å². The van der Waals surface area contributed by atoms with Crippen LogP contribution in [0.4, 0.5) is 0 Å². The lowest BCUT2D eigenvalue weighted by molar-refractivity contribution is -0.115. The van der Waals surface area contributed by atoms with Crippen LogP contribution in [0.2, 0.25) is 0 Å². The SMILES string of the molecule is CC(C)C(C)C(=O)SCOCCOP(N(C(C)C)C(C)C)N(C(C)C)C(C)C. The molecule has 1 unspecified atom stereocenters. The van der Waals surface area contributed by atoms with Gasteiger partial charge in [-0.15, -0.1) is 0 Å². The Bertz CT molecular complexity index is 398. The van der Waals surface area contributed by atoms with E-state index >= 15 is 0 Å². The van der Waals surface area contributed by atoms with Crippen molar-refractivity contribution in [1.29, 1.82) is 0 Å². The fraction of sp³-hybridized carbons (Fsp3) is 0.952. The van der Waals surface area contributed by atoms with E-state index in [2.05, 4.69) is 78.6 Å². The third kappa shape index (κ3) is 9.86. The van der Waals surface area contributed by atoms with Crippen molar-refractivity contribution in [2.75, 3.05) is 19.2 Å². The van der Waals surface area contributed by atoms with Crippen molar-refractivity contribution in [2.24, 2.45) is 11.8 Å². The van der Waals surface area contributed by atoms with Crippen LogP contribution >= 0.6 is 20.2 Å². The van der Waals surface area contributed by atoms with E-state index in [1.807, 2.05) is 6.92 Å². The third-order valence-corrected chi connectivity index (χ3v) is 8.59. The average Bonchev–Trinajstić information content (AvgIpc) is 2.55. The predicted octanol–water partition coefficient (Wildman–Crippen LogP) is 5.99. The zero-order chi connectivity index (χ0) is 22.0. The smallest absolute Gasteiger partial charge is 0.194 e. The standard InChI is InChI=1S/C21H45N2O3PS/c1-15(2)20(11)21(24)28-14-25-12-13-26-27(22(16(3)4)17(5)6)23(18(7)8)19(9)10/h15-20H,12-14H2,1-11H3. The Labute approximate surface area is 180 Å². The monoisotopic (exact) mass is 436 g/mol. The first-order valence-electron chi connectivity index (χ1n) is 10.7. The normalized spacial score (nSPS) is 14.1. The van der Waals surface area contributed by atoms with Gasteiger partial charge in [-0.05, 0) is 61.3 Å². The number of carbonyl (C=O) groups is 1. The van der Waals surface area contributed by atoms with Crippen molar-refractivity contribution in [1.82, 2.24) is 9.34 Å². The van der Waals surface area contributed by atoms with Crippen molar-refractivity contribution in [3.05, 3.63) is 0 Å². The Kier molecular flexibility index (Phi) is 14.5. The number of hydrogen-bond acceptors (Lipinski definition) is 6. The van der Waals surface area contributed by atoms with E-state index in [0.717, 1.165) is 0 Å². The van der Waals surface area contributed by atoms with Gasteiger partial charge in [0.15, 0.2) is 13.6 Å². The Morgan fingerprint density at radius 3 is 1.57 bits per heavy atom. The van der Waals surface area contributed by atoms with E-state index in [1.165, 1.54) is 11.8 Å². The number of carbonyl (C=O) groups excluding carboxylic acids is 1. The Morgan fingerprint density at radius 2 is 1.21 bits per heavy atom. The second-order valence-electron chi connectivity index (χ2n) is 8.74. The van der Waals surface area contributed by atoms with Crippen LogP contribution in [0.25, 0.3) is 0 Å². The lowest BCUT2D eigenvalue weighted by Crippen LogP contribution is -2.43. The van der Waals surface area contributed by atoms with E-state index in [9.17, 15) is 4.79 Å². The Morgan fingerprint density at radius 1 is 0.786 bits per heavy atom. The van der Waals surface area contributed by atoms with E-state index in [1.54, 1.807) is 0 Å². The maximum Gasteiger partial charge on any atom is 0.194 e. The number of ether oxygens (including phenoxy) is 1. The molecule has 0 rings (SSSR count). The maximum absolute atomic E-state index is 12.0. The minimum absolute atomic E-state index is 0.0639. The largest absolute Gasteiger partial charge is 0.368 e. The minimum atomic E-state index is -0.885. The summed E-state index contributed by atoms with van der Waals surface area (Å²) in [5.74, 6) is 0.824. The second kappa shape index (κ2) is 14.3. The van der Waals surface area contributed by atoms with E-state index < -0.39 is 8.45 Å². The highest BCUT2D eigenvalue weighted by Gasteiger charge is 2.34. The van der Waals surface area contributed by atoms with Crippen molar-refractivity contribution in [2.45, 2.75) is 100 Å². The first kappa shape index (κ1) is 28.3. The van der Waals surface area contributed by atoms with E-state index in [-0.39, 0.29) is 11.0 Å². The van der Waals surface area contributed by atoms with Crippen LogP contribution in [0, 0.1) is 11.8 Å². The maximum atomic E-state index is 12.0. The molecule has 168 valence electrons. The molecule has 0 aliphatic rings. The molecular formula is C21H45N2O3PS. The molecule has 0 aliphatic carbocycles. The Hall–Kier alpha value is 0.290. The van der Waals surface area contributed by atoms with Gasteiger partial charge >= 0.3 is 0 Å². The van der Waals surface area contributed by atoms with Crippen LogP contribution in [0.15, 0.2) is 0 Å². The number of hydrogen-bond donors (Lipinski definition) is 0. The highest BCUT2D eigenvalue weighted by molar-refractivity contribution is 8.13. The first-order chi connectivity index (χ1) is 12.9. The van der Waals surface area contributed by atoms with Gasteiger partial charge in [-0.3, -0.25) is 4.79 Å². The van der Waals surface area contributed by atoms with Gasteiger partial charge in [0.2, 0.25) is 0 Å². The molecule has 1 atom stereocenters. The van der Waals surface area contributed by atoms with Gasteiger partial charge < -0.3 is 9.26 Å². The fourth-order valence-electron chi connectivity index (χ4n) is 2.98. The van der Waals surface area contributed by atoms with Crippen LogP contribution in [-0.2, 0) is 14.1 Å². The van der Waals surface area contributed by atoms with Gasteiger partial charge in [-0.1, -0.05) is 32.5 Å². The molecule has 0 bridgehead atoms. The molecule has 0 aliphatic heterocycles. The molecule has 28 heavy (non-hydrogen) atoms.